The van der Waals surface area contributed by atoms with Gasteiger partial charge in [-0.1, -0.05) is 30.3 Å². The third-order valence-corrected chi connectivity index (χ3v) is 3.05. The average Bonchev–Trinajstić information content (AvgIpc) is 2.83. The Balaban J connectivity index is 1.72. The Morgan fingerprint density at radius 2 is 2.00 bits per heavy atom. The van der Waals surface area contributed by atoms with Crippen LogP contribution in [-0.4, -0.2) is 26.1 Å². The van der Waals surface area contributed by atoms with Crippen molar-refractivity contribution < 1.29 is 0 Å². The Labute approximate surface area is 111 Å². The lowest BCUT2D eigenvalue weighted by Crippen LogP contribution is -2.07. The highest BCUT2D eigenvalue weighted by molar-refractivity contribution is 5.61. The van der Waals surface area contributed by atoms with Crippen LogP contribution in [0.25, 0.3) is 5.65 Å². The summed E-state index contributed by atoms with van der Waals surface area (Å²) in [6.07, 6.45) is 4.58. The van der Waals surface area contributed by atoms with Crippen molar-refractivity contribution in [2.75, 3.05) is 11.9 Å². The zero-order valence-corrected chi connectivity index (χ0v) is 10.7. The number of benzene rings is 1. The van der Waals surface area contributed by atoms with Gasteiger partial charge in [0.15, 0.2) is 5.82 Å². The Bertz CT molecular complexity index is 675. The molecule has 0 aliphatic carbocycles. The van der Waals surface area contributed by atoms with Crippen LogP contribution in [0.5, 0.6) is 0 Å². The molecule has 0 saturated carbocycles. The van der Waals surface area contributed by atoms with Crippen LogP contribution in [0.3, 0.4) is 0 Å². The standard InChI is InChI=1S/C14H15N5/c1-11-17-18-14-13(16-9-10-19(11)14)15-8-7-12-5-3-2-4-6-12/h2-6,9-10H,7-8H2,1H3,(H,15,16). The molecule has 0 fully saturated rings. The lowest BCUT2D eigenvalue weighted by molar-refractivity contribution is 0.988. The Morgan fingerprint density at radius 3 is 2.84 bits per heavy atom. The van der Waals surface area contributed by atoms with E-state index in [1.165, 1.54) is 5.56 Å². The molecule has 5 nitrogen and oxygen atoms in total. The van der Waals surface area contributed by atoms with Crippen molar-refractivity contribution >= 4 is 11.5 Å². The molecule has 1 aromatic carbocycles. The van der Waals surface area contributed by atoms with Gasteiger partial charge in [0.1, 0.15) is 5.82 Å². The molecular weight excluding hydrogens is 238 g/mol. The quantitative estimate of drug-likeness (QED) is 0.773. The molecule has 1 N–H and O–H groups in total. The summed E-state index contributed by atoms with van der Waals surface area (Å²) in [6, 6.07) is 10.4. The van der Waals surface area contributed by atoms with Crippen LogP contribution < -0.4 is 5.32 Å². The maximum atomic E-state index is 4.32. The molecule has 0 spiro atoms. The monoisotopic (exact) mass is 253 g/mol. The van der Waals surface area contributed by atoms with Gasteiger partial charge in [0, 0.05) is 18.9 Å². The average molecular weight is 253 g/mol. The first-order valence-electron chi connectivity index (χ1n) is 6.29. The number of fused-ring (bicyclic) bond motifs is 1. The van der Waals surface area contributed by atoms with Gasteiger partial charge in [0.05, 0.1) is 0 Å². The molecule has 0 saturated heterocycles. The van der Waals surface area contributed by atoms with Gasteiger partial charge in [0.2, 0.25) is 5.65 Å². The molecular formula is C14H15N5. The lowest BCUT2D eigenvalue weighted by Gasteiger charge is -2.06. The molecule has 0 aliphatic heterocycles. The van der Waals surface area contributed by atoms with E-state index in [2.05, 4.69) is 44.8 Å². The highest BCUT2D eigenvalue weighted by Gasteiger charge is 2.06. The van der Waals surface area contributed by atoms with Gasteiger partial charge in [-0.2, -0.15) is 0 Å². The van der Waals surface area contributed by atoms with E-state index in [4.69, 9.17) is 0 Å². The van der Waals surface area contributed by atoms with Crippen LogP contribution in [0, 0.1) is 6.92 Å². The SMILES string of the molecule is Cc1nnc2c(NCCc3ccccc3)nccn12. The fourth-order valence-corrected chi connectivity index (χ4v) is 2.04. The van der Waals surface area contributed by atoms with Crippen molar-refractivity contribution in [1.82, 2.24) is 19.6 Å². The number of anilines is 1. The van der Waals surface area contributed by atoms with Crippen LogP contribution in [0.15, 0.2) is 42.7 Å². The van der Waals surface area contributed by atoms with Crippen LogP contribution in [0.1, 0.15) is 11.4 Å². The summed E-state index contributed by atoms with van der Waals surface area (Å²) in [6.45, 7) is 2.75. The summed E-state index contributed by atoms with van der Waals surface area (Å²) in [5.41, 5.74) is 2.08. The summed E-state index contributed by atoms with van der Waals surface area (Å²) in [5, 5.41) is 11.5. The summed E-state index contributed by atoms with van der Waals surface area (Å²) in [5.74, 6) is 1.64. The van der Waals surface area contributed by atoms with Crippen LogP contribution >= 0.6 is 0 Å². The van der Waals surface area contributed by atoms with Crippen molar-refractivity contribution in [2.45, 2.75) is 13.3 Å². The fraction of sp³-hybridized carbons (Fsp3) is 0.214. The van der Waals surface area contributed by atoms with Crippen molar-refractivity contribution in [1.29, 1.82) is 0 Å². The Morgan fingerprint density at radius 1 is 1.16 bits per heavy atom. The molecule has 19 heavy (non-hydrogen) atoms. The molecule has 0 aliphatic rings. The first-order valence-corrected chi connectivity index (χ1v) is 6.29. The fourth-order valence-electron chi connectivity index (χ4n) is 2.04. The van der Waals surface area contributed by atoms with E-state index in [0.29, 0.717) is 0 Å². The van der Waals surface area contributed by atoms with Gasteiger partial charge in [-0.05, 0) is 18.9 Å². The number of hydrogen-bond acceptors (Lipinski definition) is 4. The molecule has 3 rings (SSSR count). The first-order chi connectivity index (χ1) is 9.34. The van der Waals surface area contributed by atoms with Gasteiger partial charge in [-0.3, -0.25) is 4.40 Å². The zero-order chi connectivity index (χ0) is 13.1. The van der Waals surface area contributed by atoms with E-state index < -0.39 is 0 Å². The van der Waals surface area contributed by atoms with E-state index in [-0.39, 0.29) is 0 Å². The van der Waals surface area contributed by atoms with E-state index >= 15 is 0 Å². The molecule has 2 heterocycles. The van der Waals surface area contributed by atoms with Gasteiger partial charge in [-0.25, -0.2) is 4.98 Å². The Hall–Kier alpha value is -2.43. The van der Waals surface area contributed by atoms with E-state index in [1.807, 2.05) is 23.6 Å². The summed E-state index contributed by atoms with van der Waals surface area (Å²) < 4.78 is 1.93. The summed E-state index contributed by atoms with van der Waals surface area (Å²) in [7, 11) is 0. The van der Waals surface area contributed by atoms with Crippen molar-refractivity contribution in [3.63, 3.8) is 0 Å². The minimum absolute atomic E-state index is 0.771. The number of hydrogen-bond donors (Lipinski definition) is 1. The molecule has 0 amide bonds. The van der Waals surface area contributed by atoms with Crippen LogP contribution in [-0.2, 0) is 6.42 Å². The topological polar surface area (TPSA) is 55.1 Å². The summed E-state index contributed by atoms with van der Waals surface area (Å²) >= 11 is 0. The number of nitrogens with zero attached hydrogens (tertiary/aromatic N) is 4. The van der Waals surface area contributed by atoms with Gasteiger partial charge < -0.3 is 5.32 Å². The minimum atomic E-state index is 0.771. The smallest absolute Gasteiger partial charge is 0.203 e. The van der Waals surface area contributed by atoms with Crippen LogP contribution in [0.2, 0.25) is 0 Å². The van der Waals surface area contributed by atoms with E-state index in [0.717, 1.165) is 30.3 Å². The molecule has 0 unspecified atom stereocenters. The maximum absolute atomic E-state index is 4.32. The molecule has 5 heteroatoms. The highest BCUT2D eigenvalue weighted by Crippen LogP contribution is 2.12. The molecule has 3 aromatic rings. The maximum Gasteiger partial charge on any atom is 0.203 e. The van der Waals surface area contributed by atoms with Crippen molar-refractivity contribution in [3.8, 4) is 0 Å². The highest BCUT2D eigenvalue weighted by atomic mass is 15.3. The third-order valence-electron chi connectivity index (χ3n) is 3.05. The normalized spacial score (nSPS) is 10.8. The Kier molecular flexibility index (Phi) is 3.10. The van der Waals surface area contributed by atoms with E-state index in [1.54, 1.807) is 6.20 Å². The second-order valence-electron chi connectivity index (χ2n) is 4.38. The third kappa shape index (κ3) is 2.40. The first kappa shape index (κ1) is 11.6. The summed E-state index contributed by atoms with van der Waals surface area (Å²) in [4.78, 5) is 4.32. The molecule has 0 radical (unpaired) electrons. The molecule has 2 aromatic heterocycles. The number of nitrogens with one attached hydrogen (secondary N) is 1. The number of aryl methyl sites for hydroxylation is 1. The molecule has 0 bridgehead atoms. The predicted octanol–water partition coefficient (Wildman–Crippen LogP) is 2.09. The van der Waals surface area contributed by atoms with Crippen LogP contribution in [0.4, 0.5) is 5.82 Å². The lowest BCUT2D eigenvalue weighted by atomic mass is 10.1. The van der Waals surface area contributed by atoms with Crippen molar-refractivity contribution in [2.24, 2.45) is 0 Å². The molecule has 96 valence electrons. The predicted molar refractivity (Wildman–Crippen MR) is 74.2 cm³/mol. The largest absolute Gasteiger partial charge is 0.367 e. The van der Waals surface area contributed by atoms with E-state index in [9.17, 15) is 0 Å². The number of aromatic nitrogens is 4. The van der Waals surface area contributed by atoms with Gasteiger partial charge in [-0.15, -0.1) is 10.2 Å². The molecule has 0 atom stereocenters. The zero-order valence-electron chi connectivity index (χ0n) is 10.7. The van der Waals surface area contributed by atoms with Gasteiger partial charge in [0.25, 0.3) is 0 Å². The van der Waals surface area contributed by atoms with Crippen molar-refractivity contribution in [3.05, 3.63) is 54.1 Å². The number of rotatable bonds is 4. The second kappa shape index (κ2) is 5.06. The second-order valence-corrected chi connectivity index (χ2v) is 4.38. The minimum Gasteiger partial charge on any atom is -0.367 e. The van der Waals surface area contributed by atoms with Gasteiger partial charge >= 0.3 is 0 Å².